The second-order valence-electron chi connectivity index (χ2n) is 6.35. The van der Waals surface area contributed by atoms with Gasteiger partial charge in [0.25, 0.3) is 5.91 Å². The van der Waals surface area contributed by atoms with Gasteiger partial charge in [0.05, 0.1) is 12.7 Å². The van der Waals surface area contributed by atoms with Crippen molar-refractivity contribution < 1.29 is 14.3 Å². The lowest BCUT2D eigenvalue weighted by molar-refractivity contribution is 0.0600. The molecule has 1 amide bonds. The Morgan fingerprint density at radius 1 is 0.931 bits per heavy atom. The lowest BCUT2D eigenvalue weighted by Crippen LogP contribution is -2.15. The van der Waals surface area contributed by atoms with E-state index >= 15 is 0 Å². The van der Waals surface area contributed by atoms with Crippen molar-refractivity contribution in [2.24, 2.45) is 0 Å². The number of ether oxygens (including phenoxy) is 1. The molecule has 0 saturated carbocycles. The normalized spacial score (nSPS) is 10.2. The average molecular weight is 391 g/mol. The largest absolute Gasteiger partial charge is 0.465 e. The van der Waals surface area contributed by atoms with Crippen LogP contribution in [0.15, 0.2) is 60.8 Å². The highest BCUT2D eigenvalue weighted by Crippen LogP contribution is 2.18. The van der Waals surface area contributed by atoms with Gasteiger partial charge in [0.1, 0.15) is 5.69 Å². The van der Waals surface area contributed by atoms with Crippen LogP contribution in [-0.2, 0) is 4.74 Å². The van der Waals surface area contributed by atoms with E-state index in [1.54, 1.807) is 24.3 Å². The number of hydrogen-bond acceptors (Lipinski definition) is 7. The van der Waals surface area contributed by atoms with E-state index in [1.165, 1.54) is 19.4 Å². The van der Waals surface area contributed by atoms with Crippen molar-refractivity contribution in [2.45, 2.75) is 0 Å². The van der Waals surface area contributed by atoms with Crippen LogP contribution in [0.4, 0.5) is 23.0 Å². The molecule has 8 nitrogen and oxygen atoms in total. The van der Waals surface area contributed by atoms with Gasteiger partial charge in [0, 0.05) is 37.4 Å². The predicted molar refractivity (Wildman–Crippen MR) is 112 cm³/mol. The van der Waals surface area contributed by atoms with E-state index in [0.717, 1.165) is 11.4 Å². The summed E-state index contributed by atoms with van der Waals surface area (Å²) >= 11 is 0. The minimum absolute atomic E-state index is 0.212. The second-order valence-corrected chi connectivity index (χ2v) is 6.35. The van der Waals surface area contributed by atoms with Gasteiger partial charge in [-0.05, 0) is 54.6 Å². The Labute approximate surface area is 168 Å². The van der Waals surface area contributed by atoms with Crippen LogP contribution in [0.1, 0.15) is 20.8 Å². The molecule has 0 fully saturated rings. The van der Waals surface area contributed by atoms with E-state index in [4.69, 9.17) is 0 Å². The van der Waals surface area contributed by atoms with Crippen LogP contribution in [0.5, 0.6) is 0 Å². The van der Waals surface area contributed by atoms with Gasteiger partial charge in [-0.15, -0.1) is 0 Å². The summed E-state index contributed by atoms with van der Waals surface area (Å²) in [6.07, 6.45) is 1.51. The maximum Gasteiger partial charge on any atom is 0.337 e. The Balaban J connectivity index is 1.68. The van der Waals surface area contributed by atoms with Crippen LogP contribution in [0.2, 0.25) is 0 Å². The van der Waals surface area contributed by atoms with Crippen molar-refractivity contribution in [3.8, 4) is 0 Å². The predicted octanol–water partition coefficient (Wildman–Crippen LogP) is 3.33. The zero-order chi connectivity index (χ0) is 20.8. The van der Waals surface area contributed by atoms with Crippen LogP contribution in [-0.4, -0.2) is 43.0 Å². The molecule has 1 heterocycles. The minimum Gasteiger partial charge on any atom is -0.465 e. The average Bonchev–Trinajstić information content (AvgIpc) is 2.74. The van der Waals surface area contributed by atoms with Gasteiger partial charge in [-0.2, -0.15) is 0 Å². The van der Waals surface area contributed by atoms with Crippen LogP contribution in [0.3, 0.4) is 0 Å². The van der Waals surface area contributed by atoms with E-state index in [-0.39, 0.29) is 11.6 Å². The van der Waals surface area contributed by atoms with E-state index in [9.17, 15) is 9.59 Å². The number of benzene rings is 2. The molecule has 0 atom stereocenters. The number of esters is 1. The van der Waals surface area contributed by atoms with E-state index in [2.05, 4.69) is 25.3 Å². The molecule has 0 aliphatic carbocycles. The van der Waals surface area contributed by atoms with Gasteiger partial charge in [0.2, 0.25) is 5.95 Å². The smallest absolute Gasteiger partial charge is 0.337 e. The quantitative estimate of drug-likeness (QED) is 0.622. The Hall–Kier alpha value is -3.94. The second kappa shape index (κ2) is 8.83. The molecule has 0 radical (unpaired) electrons. The first-order valence-electron chi connectivity index (χ1n) is 8.83. The number of nitrogens with one attached hydrogen (secondary N) is 2. The third-order valence-corrected chi connectivity index (χ3v) is 4.09. The van der Waals surface area contributed by atoms with Gasteiger partial charge >= 0.3 is 5.97 Å². The van der Waals surface area contributed by atoms with Crippen molar-refractivity contribution in [3.63, 3.8) is 0 Å². The lowest BCUT2D eigenvalue weighted by atomic mass is 10.2. The number of methoxy groups -OCH3 is 1. The molecule has 3 rings (SSSR count). The van der Waals surface area contributed by atoms with Gasteiger partial charge in [-0.3, -0.25) is 4.79 Å². The molecule has 0 aliphatic rings. The highest BCUT2D eigenvalue weighted by molar-refractivity contribution is 6.03. The zero-order valence-electron chi connectivity index (χ0n) is 16.3. The molecule has 0 aliphatic heterocycles. The highest BCUT2D eigenvalue weighted by atomic mass is 16.5. The maximum atomic E-state index is 12.5. The molecule has 0 bridgehead atoms. The summed E-state index contributed by atoms with van der Waals surface area (Å²) in [5, 5.41) is 5.82. The van der Waals surface area contributed by atoms with Crippen molar-refractivity contribution in [1.29, 1.82) is 0 Å². The molecule has 0 unspecified atom stereocenters. The first-order valence-corrected chi connectivity index (χ1v) is 8.83. The van der Waals surface area contributed by atoms with Crippen LogP contribution >= 0.6 is 0 Å². The van der Waals surface area contributed by atoms with E-state index in [0.29, 0.717) is 17.2 Å². The molecular weight excluding hydrogens is 370 g/mol. The third kappa shape index (κ3) is 5.07. The highest BCUT2D eigenvalue weighted by Gasteiger charge is 2.11. The summed E-state index contributed by atoms with van der Waals surface area (Å²) in [4.78, 5) is 34.4. The molecule has 2 N–H and O–H groups in total. The SMILES string of the molecule is COC(=O)c1ccc(NC(=O)c2ccnc(Nc3ccc(N(C)C)cc3)n2)cc1. The van der Waals surface area contributed by atoms with Gasteiger partial charge < -0.3 is 20.3 Å². The molecule has 1 aromatic heterocycles. The number of nitrogens with zero attached hydrogens (tertiary/aromatic N) is 3. The fourth-order valence-electron chi connectivity index (χ4n) is 2.52. The van der Waals surface area contributed by atoms with Crippen LogP contribution < -0.4 is 15.5 Å². The summed E-state index contributed by atoms with van der Waals surface area (Å²) in [5.41, 5.74) is 3.04. The Morgan fingerprint density at radius 3 is 2.21 bits per heavy atom. The summed E-state index contributed by atoms with van der Waals surface area (Å²) in [7, 11) is 5.25. The summed E-state index contributed by atoms with van der Waals surface area (Å²) < 4.78 is 4.65. The van der Waals surface area contributed by atoms with Crippen molar-refractivity contribution >= 4 is 34.9 Å². The monoisotopic (exact) mass is 391 g/mol. The number of rotatable bonds is 6. The molecule has 0 saturated heterocycles. The number of aromatic nitrogens is 2. The molecule has 0 spiro atoms. The van der Waals surface area contributed by atoms with Crippen LogP contribution in [0.25, 0.3) is 0 Å². The Bertz CT molecular complexity index is 1000. The van der Waals surface area contributed by atoms with E-state index in [1.807, 2.05) is 43.3 Å². The fourth-order valence-corrected chi connectivity index (χ4v) is 2.52. The molecule has 148 valence electrons. The Kier molecular flexibility index (Phi) is 6.03. The number of carbonyl (C=O) groups is 2. The Morgan fingerprint density at radius 2 is 1.59 bits per heavy atom. The van der Waals surface area contributed by atoms with Gasteiger partial charge in [-0.25, -0.2) is 14.8 Å². The summed E-state index contributed by atoms with van der Waals surface area (Å²) in [6, 6.07) is 15.7. The topological polar surface area (TPSA) is 96.4 Å². The molecule has 29 heavy (non-hydrogen) atoms. The summed E-state index contributed by atoms with van der Waals surface area (Å²) in [6.45, 7) is 0. The maximum absolute atomic E-state index is 12.5. The molecular formula is C21H21N5O3. The third-order valence-electron chi connectivity index (χ3n) is 4.09. The minimum atomic E-state index is -0.437. The number of anilines is 4. The number of hydrogen-bond donors (Lipinski definition) is 2. The van der Waals surface area contributed by atoms with Crippen LogP contribution in [0, 0.1) is 0 Å². The van der Waals surface area contributed by atoms with Crippen molar-refractivity contribution in [3.05, 3.63) is 72.1 Å². The lowest BCUT2D eigenvalue weighted by Gasteiger charge is -2.13. The summed E-state index contributed by atoms with van der Waals surface area (Å²) in [5.74, 6) is -0.506. The zero-order valence-corrected chi connectivity index (χ0v) is 16.3. The van der Waals surface area contributed by atoms with Crippen molar-refractivity contribution in [1.82, 2.24) is 9.97 Å². The van der Waals surface area contributed by atoms with E-state index < -0.39 is 5.97 Å². The molecule has 8 heteroatoms. The van der Waals surface area contributed by atoms with Gasteiger partial charge in [0.15, 0.2) is 0 Å². The van der Waals surface area contributed by atoms with Crippen molar-refractivity contribution in [2.75, 3.05) is 36.7 Å². The molecule has 2 aromatic carbocycles. The number of amides is 1. The standard InChI is InChI=1S/C21H21N5O3/c1-26(2)17-10-8-16(9-11-17)24-21-22-13-12-18(25-21)19(27)23-15-6-4-14(5-7-15)20(28)29-3/h4-13H,1-3H3,(H,23,27)(H,22,24,25). The molecule has 3 aromatic rings. The number of carbonyl (C=O) groups excluding carboxylic acids is 2. The first-order chi connectivity index (χ1) is 14.0. The fraction of sp³-hybridized carbons (Fsp3) is 0.143. The van der Waals surface area contributed by atoms with Gasteiger partial charge in [-0.1, -0.05) is 0 Å². The first kappa shape index (κ1) is 19.8.